The van der Waals surface area contributed by atoms with Gasteiger partial charge in [-0.15, -0.1) is 0 Å². The summed E-state index contributed by atoms with van der Waals surface area (Å²) in [6, 6.07) is 0. The first-order valence-corrected chi connectivity index (χ1v) is 4.23. The summed E-state index contributed by atoms with van der Waals surface area (Å²) in [4.78, 5) is 8.31. The van der Waals surface area contributed by atoms with Crippen LogP contribution < -0.4 is 0 Å². The highest BCUT2D eigenvalue weighted by Crippen LogP contribution is 1.99. The van der Waals surface area contributed by atoms with Crippen LogP contribution in [0.2, 0.25) is 0 Å². The van der Waals surface area contributed by atoms with E-state index in [1.54, 1.807) is 0 Å². The SMILES string of the molecule is Cc1nccn1Cn1ccnc1C. The summed E-state index contributed by atoms with van der Waals surface area (Å²) in [5.41, 5.74) is 0. The zero-order valence-corrected chi connectivity index (χ0v) is 7.81. The monoisotopic (exact) mass is 176 g/mol. The van der Waals surface area contributed by atoms with Gasteiger partial charge in [-0.3, -0.25) is 0 Å². The molecule has 0 aliphatic rings. The Hall–Kier alpha value is -1.58. The van der Waals surface area contributed by atoms with Gasteiger partial charge < -0.3 is 9.13 Å². The highest BCUT2D eigenvalue weighted by molar-refractivity contribution is 4.93. The van der Waals surface area contributed by atoms with Crippen LogP contribution in [-0.2, 0) is 6.67 Å². The molecule has 0 aromatic carbocycles. The Morgan fingerprint density at radius 2 is 1.46 bits per heavy atom. The van der Waals surface area contributed by atoms with Crippen LogP contribution in [0, 0.1) is 13.8 Å². The minimum Gasteiger partial charge on any atom is -0.317 e. The van der Waals surface area contributed by atoms with Gasteiger partial charge in [-0.1, -0.05) is 0 Å². The maximum atomic E-state index is 4.16. The second-order valence-corrected chi connectivity index (χ2v) is 3.03. The highest BCUT2D eigenvalue weighted by atomic mass is 15.2. The lowest BCUT2D eigenvalue weighted by Gasteiger charge is -2.07. The minimum atomic E-state index is 0.789. The first-order chi connectivity index (χ1) is 6.27. The molecule has 0 fully saturated rings. The largest absolute Gasteiger partial charge is 0.317 e. The highest BCUT2D eigenvalue weighted by Gasteiger charge is 1.99. The Balaban J connectivity index is 2.24. The van der Waals surface area contributed by atoms with Crippen LogP contribution in [-0.4, -0.2) is 19.1 Å². The molecule has 2 aromatic heterocycles. The van der Waals surface area contributed by atoms with Crippen molar-refractivity contribution in [3.8, 4) is 0 Å². The molecule has 2 aromatic rings. The first kappa shape index (κ1) is 8.04. The fourth-order valence-electron chi connectivity index (χ4n) is 1.27. The molecule has 0 amide bonds. The van der Waals surface area contributed by atoms with Crippen molar-refractivity contribution in [1.29, 1.82) is 0 Å². The third-order valence-electron chi connectivity index (χ3n) is 2.15. The number of rotatable bonds is 2. The normalized spacial score (nSPS) is 10.6. The quantitative estimate of drug-likeness (QED) is 0.689. The summed E-state index contributed by atoms with van der Waals surface area (Å²) in [7, 11) is 0. The Morgan fingerprint density at radius 3 is 1.77 bits per heavy atom. The van der Waals surface area contributed by atoms with Crippen LogP contribution in [0.15, 0.2) is 24.8 Å². The first-order valence-electron chi connectivity index (χ1n) is 4.23. The number of hydrogen-bond acceptors (Lipinski definition) is 2. The molecule has 0 saturated carbocycles. The summed E-state index contributed by atoms with van der Waals surface area (Å²) >= 11 is 0. The minimum absolute atomic E-state index is 0.789. The van der Waals surface area contributed by atoms with Gasteiger partial charge in [-0.25, -0.2) is 9.97 Å². The standard InChI is InChI=1S/C9H12N4/c1-8-10-3-5-12(8)7-13-6-4-11-9(13)2/h3-6H,7H2,1-2H3. The van der Waals surface area contributed by atoms with E-state index in [9.17, 15) is 0 Å². The third kappa shape index (κ3) is 1.47. The van der Waals surface area contributed by atoms with Gasteiger partial charge in [0.2, 0.25) is 0 Å². The van der Waals surface area contributed by atoms with Gasteiger partial charge in [-0.05, 0) is 13.8 Å². The van der Waals surface area contributed by atoms with Crippen LogP contribution in [0.25, 0.3) is 0 Å². The second kappa shape index (κ2) is 3.05. The average molecular weight is 176 g/mol. The van der Waals surface area contributed by atoms with E-state index in [1.165, 1.54) is 0 Å². The molecule has 0 atom stereocenters. The lowest BCUT2D eigenvalue weighted by Crippen LogP contribution is -2.09. The molecule has 13 heavy (non-hydrogen) atoms. The van der Waals surface area contributed by atoms with Gasteiger partial charge in [0.15, 0.2) is 0 Å². The van der Waals surface area contributed by atoms with Crippen LogP contribution in [0.3, 0.4) is 0 Å². The lowest BCUT2D eigenvalue weighted by molar-refractivity contribution is 0.578. The predicted molar refractivity (Wildman–Crippen MR) is 49.3 cm³/mol. The van der Waals surface area contributed by atoms with E-state index >= 15 is 0 Å². The molecule has 0 unspecified atom stereocenters. The molecule has 0 N–H and O–H groups in total. The Morgan fingerprint density at radius 1 is 1.00 bits per heavy atom. The van der Waals surface area contributed by atoms with Crippen LogP contribution >= 0.6 is 0 Å². The number of hydrogen-bond donors (Lipinski definition) is 0. The van der Waals surface area contributed by atoms with Gasteiger partial charge in [-0.2, -0.15) is 0 Å². The molecule has 0 saturated heterocycles. The Bertz CT molecular complexity index is 361. The van der Waals surface area contributed by atoms with Gasteiger partial charge in [0, 0.05) is 24.8 Å². The molecule has 0 spiro atoms. The van der Waals surface area contributed by atoms with Crippen molar-refractivity contribution in [1.82, 2.24) is 19.1 Å². The zero-order chi connectivity index (χ0) is 9.26. The van der Waals surface area contributed by atoms with E-state index < -0.39 is 0 Å². The van der Waals surface area contributed by atoms with Gasteiger partial charge in [0.25, 0.3) is 0 Å². The van der Waals surface area contributed by atoms with Crippen LogP contribution in [0.1, 0.15) is 11.6 Å². The van der Waals surface area contributed by atoms with Gasteiger partial charge in [0.05, 0.1) is 0 Å². The summed E-state index contributed by atoms with van der Waals surface area (Å²) in [6.07, 6.45) is 7.55. The Kier molecular flexibility index (Phi) is 1.88. The van der Waals surface area contributed by atoms with Gasteiger partial charge >= 0.3 is 0 Å². The van der Waals surface area contributed by atoms with Crippen LogP contribution in [0.5, 0.6) is 0 Å². The number of aromatic nitrogens is 4. The molecule has 2 heterocycles. The summed E-state index contributed by atoms with van der Waals surface area (Å²) < 4.78 is 4.16. The molecular formula is C9H12N4. The van der Waals surface area contributed by atoms with Crippen molar-refractivity contribution in [3.05, 3.63) is 36.4 Å². The maximum absolute atomic E-state index is 4.16. The molecule has 4 heteroatoms. The van der Waals surface area contributed by atoms with Crippen molar-refractivity contribution in [2.24, 2.45) is 0 Å². The third-order valence-corrected chi connectivity index (χ3v) is 2.15. The number of nitrogens with zero attached hydrogens (tertiary/aromatic N) is 4. The van der Waals surface area contributed by atoms with Crippen LogP contribution in [0.4, 0.5) is 0 Å². The molecule has 68 valence electrons. The fraction of sp³-hybridized carbons (Fsp3) is 0.333. The van der Waals surface area contributed by atoms with Crippen molar-refractivity contribution < 1.29 is 0 Å². The fourth-order valence-corrected chi connectivity index (χ4v) is 1.27. The topological polar surface area (TPSA) is 35.6 Å². The van der Waals surface area contributed by atoms with E-state index in [1.807, 2.05) is 38.6 Å². The van der Waals surface area contributed by atoms with Crippen molar-refractivity contribution in [2.75, 3.05) is 0 Å². The molecular weight excluding hydrogens is 164 g/mol. The molecule has 0 aliphatic heterocycles. The summed E-state index contributed by atoms with van der Waals surface area (Å²) in [5, 5.41) is 0. The predicted octanol–water partition coefficient (Wildman–Crippen LogP) is 1.20. The van der Waals surface area contributed by atoms with Crippen molar-refractivity contribution >= 4 is 0 Å². The number of imidazole rings is 2. The average Bonchev–Trinajstić information content (AvgIpc) is 2.65. The number of aryl methyl sites for hydroxylation is 2. The lowest BCUT2D eigenvalue weighted by atomic mass is 10.6. The maximum Gasteiger partial charge on any atom is 0.106 e. The molecule has 2 rings (SSSR count). The zero-order valence-electron chi connectivity index (χ0n) is 7.81. The molecule has 0 radical (unpaired) electrons. The van der Waals surface area contributed by atoms with E-state index in [4.69, 9.17) is 0 Å². The molecule has 0 bridgehead atoms. The molecule has 0 aliphatic carbocycles. The van der Waals surface area contributed by atoms with Crippen molar-refractivity contribution in [3.63, 3.8) is 0 Å². The van der Waals surface area contributed by atoms with E-state index in [2.05, 4.69) is 19.1 Å². The van der Waals surface area contributed by atoms with E-state index in [0.29, 0.717) is 0 Å². The Labute approximate surface area is 76.9 Å². The molecule has 4 nitrogen and oxygen atoms in total. The smallest absolute Gasteiger partial charge is 0.106 e. The van der Waals surface area contributed by atoms with E-state index in [0.717, 1.165) is 18.3 Å². The van der Waals surface area contributed by atoms with Crippen molar-refractivity contribution in [2.45, 2.75) is 20.5 Å². The second-order valence-electron chi connectivity index (χ2n) is 3.03. The summed E-state index contributed by atoms with van der Waals surface area (Å²) in [6.45, 7) is 4.77. The van der Waals surface area contributed by atoms with E-state index in [-0.39, 0.29) is 0 Å². The van der Waals surface area contributed by atoms with Gasteiger partial charge in [0.1, 0.15) is 18.3 Å². The summed E-state index contributed by atoms with van der Waals surface area (Å²) in [5.74, 6) is 2.04.